The second-order valence-corrected chi connectivity index (χ2v) is 9.55. The van der Waals surface area contributed by atoms with E-state index in [0.717, 1.165) is 29.9 Å². The Kier molecular flexibility index (Phi) is 7.41. The number of carboxylic acids is 1. The van der Waals surface area contributed by atoms with Crippen molar-refractivity contribution in [2.24, 2.45) is 5.92 Å². The fraction of sp³-hybridized carbons (Fsp3) is 0.423. The molecule has 7 nitrogen and oxygen atoms in total. The van der Waals surface area contributed by atoms with Gasteiger partial charge in [-0.25, -0.2) is 9.78 Å². The van der Waals surface area contributed by atoms with Crippen LogP contribution in [0.25, 0.3) is 16.9 Å². The summed E-state index contributed by atoms with van der Waals surface area (Å²) in [5.41, 5.74) is 2.64. The normalized spacial score (nSPS) is 16.2. The molecule has 1 aliphatic rings. The van der Waals surface area contributed by atoms with E-state index in [0.29, 0.717) is 28.7 Å². The number of pyridine rings is 1. The molecule has 3 aromatic rings. The minimum absolute atomic E-state index is 0.183. The van der Waals surface area contributed by atoms with Crippen molar-refractivity contribution in [2.75, 3.05) is 5.32 Å². The number of rotatable bonds is 8. The Hall–Kier alpha value is -3.06. The molecule has 2 atom stereocenters. The molecule has 1 saturated carbocycles. The molecule has 1 aliphatic carbocycles. The molecule has 2 heterocycles. The lowest BCUT2D eigenvalue weighted by Crippen LogP contribution is -2.45. The number of carbonyl (C=O) groups excluding carboxylic acids is 1. The second-order valence-electron chi connectivity index (χ2n) is 9.12. The van der Waals surface area contributed by atoms with Crippen molar-refractivity contribution in [3.05, 3.63) is 53.2 Å². The molecular formula is C26H31ClN4O3. The lowest BCUT2D eigenvalue weighted by atomic mass is 9.95. The molecule has 2 unspecified atom stereocenters. The highest BCUT2D eigenvalue weighted by atomic mass is 35.5. The van der Waals surface area contributed by atoms with E-state index in [-0.39, 0.29) is 5.92 Å². The standard InChI is InChI=1S/C26H31ClN4O3/c1-3-16(2)22(26(33)34)30-25(32)18-12-13-31-21(15-18)29-23(17-8-7-9-19(27)14-17)24(31)28-20-10-5-4-6-11-20/h7-9,12-16,20,22,28H,3-6,10-11H2,1-2H3,(H,30,32)(H,33,34). The zero-order valence-electron chi connectivity index (χ0n) is 19.6. The average molecular weight is 483 g/mol. The van der Waals surface area contributed by atoms with E-state index >= 15 is 0 Å². The molecule has 34 heavy (non-hydrogen) atoms. The monoisotopic (exact) mass is 482 g/mol. The summed E-state index contributed by atoms with van der Waals surface area (Å²) in [6, 6.07) is 10.4. The molecule has 1 fully saturated rings. The van der Waals surface area contributed by atoms with Crippen molar-refractivity contribution in [3.63, 3.8) is 0 Å². The number of benzene rings is 1. The number of carbonyl (C=O) groups is 2. The fourth-order valence-electron chi connectivity index (χ4n) is 4.51. The van der Waals surface area contributed by atoms with Gasteiger partial charge in [0.15, 0.2) is 0 Å². The lowest BCUT2D eigenvalue weighted by Gasteiger charge is -2.24. The van der Waals surface area contributed by atoms with Crippen molar-refractivity contribution in [1.29, 1.82) is 0 Å². The molecule has 2 aromatic heterocycles. The molecule has 3 N–H and O–H groups in total. The summed E-state index contributed by atoms with van der Waals surface area (Å²) in [5.74, 6) is -0.771. The maximum absolute atomic E-state index is 12.9. The number of nitrogens with one attached hydrogen (secondary N) is 2. The van der Waals surface area contributed by atoms with Gasteiger partial charge in [-0.3, -0.25) is 9.20 Å². The van der Waals surface area contributed by atoms with Crippen LogP contribution in [0.2, 0.25) is 5.02 Å². The first-order valence-electron chi connectivity index (χ1n) is 12.0. The Labute approximate surface area is 204 Å². The first-order chi connectivity index (χ1) is 16.4. The third-order valence-electron chi connectivity index (χ3n) is 6.70. The summed E-state index contributed by atoms with van der Waals surface area (Å²) < 4.78 is 1.95. The zero-order valence-corrected chi connectivity index (χ0v) is 20.3. The maximum Gasteiger partial charge on any atom is 0.326 e. The quantitative estimate of drug-likeness (QED) is 0.386. The second kappa shape index (κ2) is 10.5. The van der Waals surface area contributed by atoms with Gasteiger partial charge < -0.3 is 15.7 Å². The van der Waals surface area contributed by atoms with Gasteiger partial charge in [-0.15, -0.1) is 0 Å². The van der Waals surface area contributed by atoms with Crippen molar-refractivity contribution in [2.45, 2.75) is 64.5 Å². The molecule has 8 heteroatoms. The third kappa shape index (κ3) is 5.20. The van der Waals surface area contributed by atoms with E-state index in [1.54, 1.807) is 12.1 Å². The van der Waals surface area contributed by atoms with Crippen LogP contribution in [0.4, 0.5) is 5.82 Å². The van der Waals surface area contributed by atoms with Crippen LogP contribution in [0.3, 0.4) is 0 Å². The largest absolute Gasteiger partial charge is 0.480 e. The molecule has 180 valence electrons. The summed E-state index contributed by atoms with van der Waals surface area (Å²) in [6.45, 7) is 3.72. The number of hydrogen-bond acceptors (Lipinski definition) is 4. The number of aromatic nitrogens is 2. The Balaban J connectivity index is 1.71. The minimum atomic E-state index is -1.04. The van der Waals surface area contributed by atoms with Crippen LogP contribution in [-0.4, -0.2) is 38.5 Å². The molecule has 0 radical (unpaired) electrons. The van der Waals surface area contributed by atoms with Gasteiger partial charge in [0.05, 0.1) is 0 Å². The number of amides is 1. The molecule has 1 amide bonds. The summed E-state index contributed by atoms with van der Waals surface area (Å²) in [7, 11) is 0. The number of imidazole rings is 1. The Morgan fingerprint density at radius 3 is 2.65 bits per heavy atom. The Morgan fingerprint density at radius 1 is 1.21 bits per heavy atom. The molecule has 0 bridgehead atoms. The topological polar surface area (TPSA) is 95.7 Å². The van der Waals surface area contributed by atoms with Crippen LogP contribution in [0, 0.1) is 5.92 Å². The van der Waals surface area contributed by atoms with Crippen LogP contribution in [0.1, 0.15) is 62.7 Å². The average Bonchev–Trinajstić information content (AvgIpc) is 3.20. The SMILES string of the molecule is CCC(C)C(NC(=O)c1ccn2c(NC3CCCCC3)c(-c3cccc(Cl)c3)nc2c1)C(=O)O. The highest BCUT2D eigenvalue weighted by Crippen LogP contribution is 2.33. The van der Waals surface area contributed by atoms with E-state index in [2.05, 4.69) is 10.6 Å². The van der Waals surface area contributed by atoms with E-state index in [9.17, 15) is 14.7 Å². The molecular weight excluding hydrogens is 452 g/mol. The summed E-state index contributed by atoms with van der Waals surface area (Å²) in [6.07, 6.45) is 8.34. The Bertz CT molecular complexity index is 1190. The van der Waals surface area contributed by atoms with Crippen molar-refractivity contribution in [3.8, 4) is 11.3 Å². The summed E-state index contributed by atoms with van der Waals surface area (Å²) in [5, 5.41) is 16.5. The highest BCUT2D eigenvalue weighted by molar-refractivity contribution is 6.30. The number of fused-ring (bicyclic) bond motifs is 1. The highest BCUT2D eigenvalue weighted by Gasteiger charge is 2.26. The van der Waals surface area contributed by atoms with Crippen LogP contribution in [0.5, 0.6) is 0 Å². The van der Waals surface area contributed by atoms with Gasteiger partial charge in [0.1, 0.15) is 23.2 Å². The van der Waals surface area contributed by atoms with Crippen molar-refractivity contribution >= 4 is 34.9 Å². The zero-order chi connectivity index (χ0) is 24.2. The number of aliphatic carboxylic acids is 1. The number of anilines is 1. The van der Waals surface area contributed by atoms with Crippen LogP contribution >= 0.6 is 11.6 Å². The van der Waals surface area contributed by atoms with Crippen LogP contribution in [0.15, 0.2) is 42.6 Å². The summed E-state index contributed by atoms with van der Waals surface area (Å²) in [4.78, 5) is 29.4. The molecule has 0 aliphatic heterocycles. The number of halogens is 1. The number of hydrogen-bond donors (Lipinski definition) is 3. The van der Waals surface area contributed by atoms with Gasteiger partial charge in [-0.1, -0.05) is 63.3 Å². The van der Waals surface area contributed by atoms with Crippen molar-refractivity contribution < 1.29 is 14.7 Å². The molecule has 0 spiro atoms. The van der Waals surface area contributed by atoms with E-state index < -0.39 is 17.9 Å². The van der Waals surface area contributed by atoms with Gasteiger partial charge in [-0.05, 0) is 43.0 Å². The summed E-state index contributed by atoms with van der Waals surface area (Å²) >= 11 is 6.26. The molecule has 4 rings (SSSR count). The van der Waals surface area contributed by atoms with Crippen LogP contribution < -0.4 is 10.6 Å². The predicted octanol–water partition coefficient (Wildman–Crippen LogP) is 5.63. The predicted molar refractivity (Wildman–Crippen MR) is 134 cm³/mol. The molecule has 1 aromatic carbocycles. The maximum atomic E-state index is 12.9. The first-order valence-corrected chi connectivity index (χ1v) is 12.3. The fourth-order valence-corrected chi connectivity index (χ4v) is 4.70. The van der Waals surface area contributed by atoms with E-state index in [1.165, 1.54) is 19.3 Å². The van der Waals surface area contributed by atoms with Crippen LogP contribution in [-0.2, 0) is 4.79 Å². The first kappa shape index (κ1) is 24.1. The van der Waals surface area contributed by atoms with E-state index in [4.69, 9.17) is 16.6 Å². The number of carboxylic acid groups (broad SMARTS) is 1. The number of nitrogens with zero attached hydrogens (tertiary/aromatic N) is 2. The third-order valence-corrected chi connectivity index (χ3v) is 6.93. The smallest absolute Gasteiger partial charge is 0.326 e. The van der Waals surface area contributed by atoms with E-state index in [1.807, 2.05) is 48.7 Å². The van der Waals surface area contributed by atoms with Crippen molar-refractivity contribution in [1.82, 2.24) is 14.7 Å². The van der Waals surface area contributed by atoms with Gasteiger partial charge >= 0.3 is 5.97 Å². The minimum Gasteiger partial charge on any atom is -0.480 e. The van der Waals surface area contributed by atoms with Gasteiger partial charge in [0.2, 0.25) is 0 Å². The van der Waals surface area contributed by atoms with Gasteiger partial charge in [-0.2, -0.15) is 0 Å². The van der Waals surface area contributed by atoms with Gasteiger partial charge in [0, 0.05) is 28.4 Å². The Morgan fingerprint density at radius 2 is 1.97 bits per heavy atom. The lowest BCUT2D eigenvalue weighted by molar-refractivity contribution is -0.140. The molecule has 0 saturated heterocycles. The van der Waals surface area contributed by atoms with Gasteiger partial charge in [0.25, 0.3) is 5.91 Å².